The molecule has 3 aromatic rings. The van der Waals surface area contributed by atoms with Crippen molar-refractivity contribution in [1.29, 1.82) is 0 Å². The van der Waals surface area contributed by atoms with Gasteiger partial charge in [0.15, 0.2) is 0 Å². The lowest BCUT2D eigenvalue weighted by molar-refractivity contribution is -0.128. The van der Waals surface area contributed by atoms with Gasteiger partial charge in [-0.1, -0.05) is 35.9 Å². The van der Waals surface area contributed by atoms with Gasteiger partial charge in [0.05, 0.1) is 17.5 Å². The summed E-state index contributed by atoms with van der Waals surface area (Å²) in [5, 5.41) is 0.618. The molecule has 0 aliphatic heterocycles. The van der Waals surface area contributed by atoms with Gasteiger partial charge < -0.3 is 4.98 Å². The largest absolute Gasteiger partial charge is 0.342 e. The highest BCUT2D eigenvalue weighted by atomic mass is 35.5. The molecule has 0 saturated heterocycles. The molecule has 1 heterocycles. The van der Waals surface area contributed by atoms with Crippen LogP contribution in [0.25, 0.3) is 11.0 Å². The Morgan fingerprint density at radius 3 is 2.50 bits per heavy atom. The lowest BCUT2D eigenvalue weighted by atomic mass is 10.1. The Balaban J connectivity index is 1.37. The first kappa shape index (κ1) is 17.9. The Morgan fingerprint density at radius 1 is 1.00 bits per heavy atom. The molecule has 2 aromatic carbocycles. The van der Waals surface area contributed by atoms with E-state index in [1.807, 2.05) is 24.3 Å². The number of nitrogens with zero attached hydrogens (tertiary/aromatic N) is 1. The van der Waals surface area contributed by atoms with Crippen molar-refractivity contribution in [1.82, 2.24) is 20.8 Å². The number of aromatic amines is 1. The summed E-state index contributed by atoms with van der Waals surface area (Å²) >= 11 is 5.80. The number of imidazole rings is 1. The number of nitrogens with one attached hydrogen (secondary N) is 3. The minimum absolute atomic E-state index is 0.177. The third-order valence-electron chi connectivity index (χ3n) is 3.88. The van der Waals surface area contributed by atoms with Gasteiger partial charge in [-0.3, -0.25) is 20.4 Å². The predicted molar refractivity (Wildman–Crippen MR) is 100 cm³/mol. The van der Waals surface area contributed by atoms with Crippen molar-refractivity contribution in [3.63, 3.8) is 0 Å². The van der Waals surface area contributed by atoms with Crippen LogP contribution in [0.15, 0.2) is 48.5 Å². The number of halogens is 1. The fraction of sp³-hybridized carbons (Fsp3) is 0.211. The zero-order chi connectivity index (χ0) is 18.4. The molecule has 0 unspecified atom stereocenters. The molecule has 0 spiro atoms. The fourth-order valence-corrected chi connectivity index (χ4v) is 2.70. The van der Waals surface area contributed by atoms with E-state index in [1.165, 1.54) is 0 Å². The second-order valence-electron chi connectivity index (χ2n) is 5.95. The first-order valence-corrected chi connectivity index (χ1v) is 8.74. The Hall–Kier alpha value is -2.86. The lowest BCUT2D eigenvalue weighted by Gasteiger charge is -2.07. The number of para-hydroxylation sites is 2. The van der Waals surface area contributed by atoms with Crippen molar-refractivity contribution in [3.05, 3.63) is 64.9 Å². The molecule has 134 valence electrons. The molecule has 1 aromatic heterocycles. The van der Waals surface area contributed by atoms with E-state index in [4.69, 9.17) is 11.6 Å². The minimum Gasteiger partial charge on any atom is -0.342 e. The Labute approximate surface area is 155 Å². The van der Waals surface area contributed by atoms with Crippen molar-refractivity contribution in [3.8, 4) is 0 Å². The van der Waals surface area contributed by atoms with Crippen LogP contribution in [0.1, 0.15) is 24.2 Å². The lowest BCUT2D eigenvalue weighted by Crippen LogP contribution is -2.42. The van der Waals surface area contributed by atoms with Crippen LogP contribution >= 0.6 is 11.6 Å². The van der Waals surface area contributed by atoms with Gasteiger partial charge in [0.1, 0.15) is 5.82 Å². The van der Waals surface area contributed by atoms with Crippen LogP contribution in [0.3, 0.4) is 0 Å². The molecule has 0 saturated carbocycles. The summed E-state index contributed by atoms with van der Waals surface area (Å²) in [5.41, 5.74) is 7.58. The van der Waals surface area contributed by atoms with Crippen LogP contribution in [-0.4, -0.2) is 21.8 Å². The van der Waals surface area contributed by atoms with E-state index in [9.17, 15) is 9.59 Å². The molecule has 7 heteroatoms. The number of rotatable bonds is 6. The average molecular weight is 371 g/mol. The number of hydrazine groups is 1. The van der Waals surface area contributed by atoms with Crippen molar-refractivity contribution < 1.29 is 9.59 Å². The van der Waals surface area contributed by atoms with E-state index < -0.39 is 0 Å². The van der Waals surface area contributed by atoms with Gasteiger partial charge in [-0.15, -0.1) is 0 Å². The number of carbonyl (C=O) groups excluding carboxylic acids is 2. The highest BCUT2D eigenvalue weighted by Crippen LogP contribution is 2.12. The van der Waals surface area contributed by atoms with Gasteiger partial charge in [0.2, 0.25) is 11.8 Å². The number of benzene rings is 2. The standard InChI is InChI=1S/C19H19ClN4O2/c20-14-10-8-13(9-11-14)12-19(26)24-23-18(25)7-3-6-17-21-15-4-1-2-5-16(15)22-17/h1-2,4-5,8-11H,3,6-7,12H2,(H,21,22)(H,23,25)(H,24,26). The summed E-state index contributed by atoms with van der Waals surface area (Å²) in [6.45, 7) is 0. The van der Waals surface area contributed by atoms with E-state index in [0.717, 1.165) is 22.4 Å². The Kier molecular flexibility index (Phi) is 5.86. The van der Waals surface area contributed by atoms with Crippen molar-refractivity contribution in [2.45, 2.75) is 25.7 Å². The number of hydrogen-bond acceptors (Lipinski definition) is 3. The number of amides is 2. The zero-order valence-electron chi connectivity index (χ0n) is 14.1. The van der Waals surface area contributed by atoms with Crippen LogP contribution in [0.4, 0.5) is 0 Å². The fourth-order valence-electron chi connectivity index (χ4n) is 2.57. The number of H-pyrrole nitrogens is 1. The van der Waals surface area contributed by atoms with Crippen molar-refractivity contribution in [2.24, 2.45) is 0 Å². The summed E-state index contributed by atoms with van der Waals surface area (Å²) in [6, 6.07) is 14.8. The maximum atomic E-state index is 11.8. The smallest absolute Gasteiger partial charge is 0.242 e. The van der Waals surface area contributed by atoms with Gasteiger partial charge in [0, 0.05) is 17.9 Å². The molecule has 0 fully saturated rings. The highest BCUT2D eigenvalue weighted by molar-refractivity contribution is 6.30. The molecule has 26 heavy (non-hydrogen) atoms. The number of aryl methyl sites for hydroxylation is 1. The molecule has 3 N–H and O–H groups in total. The summed E-state index contributed by atoms with van der Waals surface area (Å²) in [5.74, 6) is 0.342. The molecule has 3 rings (SSSR count). The second-order valence-corrected chi connectivity index (χ2v) is 6.39. The minimum atomic E-state index is -0.280. The van der Waals surface area contributed by atoms with Gasteiger partial charge in [0.25, 0.3) is 0 Å². The van der Waals surface area contributed by atoms with Crippen LogP contribution in [0.5, 0.6) is 0 Å². The summed E-state index contributed by atoms with van der Waals surface area (Å²) in [4.78, 5) is 31.4. The van der Waals surface area contributed by atoms with Crippen molar-refractivity contribution in [2.75, 3.05) is 0 Å². The molecule has 0 bridgehead atoms. The van der Waals surface area contributed by atoms with Crippen LogP contribution < -0.4 is 10.9 Å². The monoisotopic (exact) mass is 370 g/mol. The molecule has 0 radical (unpaired) electrons. The number of hydrogen-bond donors (Lipinski definition) is 3. The van der Waals surface area contributed by atoms with Crippen LogP contribution in [0, 0.1) is 0 Å². The maximum absolute atomic E-state index is 11.8. The highest BCUT2D eigenvalue weighted by Gasteiger charge is 2.07. The first-order chi connectivity index (χ1) is 12.6. The zero-order valence-corrected chi connectivity index (χ0v) is 14.8. The van der Waals surface area contributed by atoms with E-state index >= 15 is 0 Å². The molecular weight excluding hydrogens is 352 g/mol. The van der Waals surface area contributed by atoms with E-state index in [-0.39, 0.29) is 18.2 Å². The van der Waals surface area contributed by atoms with E-state index in [0.29, 0.717) is 24.3 Å². The Morgan fingerprint density at radius 2 is 1.73 bits per heavy atom. The van der Waals surface area contributed by atoms with Gasteiger partial charge in [-0.05, 0) is 36.2 Å². The number of aromatic nitrogens is 2. The molecular formula is C19H19ClN4O2. The molecule has 2 amide bonds. The molecule has 0 aliphatic carbocycles. The molecule has 0 atom stereocenters. The third kappa shape index (κ3) is 5.07. The molecule has 0 aliphatic rings. The topological polar surface area (TPSA) is 86.9 Å². The summed E-state index contributed by atoms with van der Waals surface area (Å²) < 4.78 is 0. The maximum Gasteiger partial charge on any atom is 0.242 e. The number of fused-ring (bicyclic) bond motifs is 1. The quantitative estimate of drug-likeness (QED) is 0.583. The summed E-state index contributed by atoms with van der Waals surface area (Å²) in [6.07, 6.45) is 1.79. The van der Waals surface area contributed by atoms with Crippen LogP contribution in [-0.2, 0) is 22.4 Å². The second kappa shape index (κ2) is 8.49. The van der Waals surface area contributed by atoms with Crippen LogP contribution in [0.2, 0.25) is 5.02 Å². The normalized spacial score (nSPS) is 10.7. The van der Waals surface area contributed by atoms with Gasteiger partial charge >= 0.3 is 0 Å². The molecule has 6 nitrogen and oxygen atoms in total. The average Bonchev–Trinajstić information content (AvgIpc) is 3.05. The van der Waals surface area contributed by atoms with Gasteiger partial charge in [-0.2, -0.15) is 0 Å². The van der Waals surface area contributed by atoms with Gasteiger partial charge in [-0.25, -0.2) is 4.98 Å². The SMILES string of the molecule is O=C(CCCc1nc2ccccc2[nH]1)NNC(=O)Cc1ccc(Cl)cc1. The van der Waals surface area contributed by atoms with E-state index in [1.54, 1.807) is 24.3 Å². The number of carbonyl (C=O) groups is 2. The van der Waals surface area contributed by atoms with Crippen molar-refractivity contribution >= 4 is 34.4 Å². The predicted octanol–water partition coefficient (Wildman–Crippen LogP) is 2.93. The Bertz CT molecular complexity index is 872. The van der Waals surface area contributed by atoms with E-state index in [2.05, 4.69) is 20.8 Å². The first-order valence-electron chi connectivity index (χ1n) is 8.36. The third-order valence-corrected chi connectivity index (χ3v) is 4.13. The summed E-state index contributed by atoms with van der Waals surface area (Å²) in [7, 11) is 0.